The summed E-state index contributed by atoms with van der Waals surface area (Å²) in [6.07, 6.45) is 0. The van der Waals surface area contributed by atoms with Crippen molar-refractivity contribution >= 4 is 51.2 Å². The predicted molar refractivity (Wildman–Crippen MR) is 92.2 cm³/mol. The van der Waals surface area contributed by atoms with E-state index in [-0.39, 0.29) is 11.0 Å². The number of aromatic hydroxyl groups is 1. The van der Waals surface area contributed by atoms with Gasteiger partial charge in [-0.3, -0.25) is 0 Å². The number of nitrogens with one attached hydrogen (secondary N) is 2. The maximum atomic E-state index is 9.88. The maximum Gasteiger partial charge on any atom is 0.218 e. The maximum absolute atomic E-state index is 9.88. The van der Waals surface area contributed by atoms with Crippen LogP contribution in [-0.4, -0.2) is 15.2 Å². The highest BCUT2D eigenvalue weighted by Crippen LogP contribution is 2.35. The summed E-state index contributed by atoms with van der Waals surface area (Å²) >= 11 is 10.9. The number of rotatable bonds is 2. The van der Waals surface area contributed by atoms with Crippen molar-refractivity contribution < 1.29 is 5.11 Å². The van der Waals surface area contributed by atoms with E-state index >= 15 is 0 Å². The third-order valence-corrected chi connectivity index (χ3v) is 3.43. The fourth-order valence-electron chi connectivity index (χ4n) is 1.99. The van der Waals surface area contributed by atoms with Crippen molar-refractivity contribution in [2.24, 2.45) is 10.2 Å². The minimum absolute atomic E-state index is 0.0424. The van der Waals surface area contributed by atoms with Crippen molar-refractivity contribution in [3.8, 4) is 5.88 Å². The summed E-state index contributed by atoms with van der Waals surface area (Å²) in [6.45, 7) is 0. The quantitative estimate of drug-likeness (QED) is 0.457. The second-order valence-corrected chi connectivity index (χ2v) is 5.33. The molecule has 3 N–H and O–H groups in total. The van der Waals surface area contributed by atoms with Crippen LogP contribution in [0.15, 0.2) is 58.8 Å². The highest BCUT2D eigenvalue weighted by Gasteiger charge is 2.09. The van der Waals surface area contributed by atoms with E-state index in [0.29, 0.717) is 10.7 Å². The van der Waals surface area contributed by atoms with Gasteiger partial charge in [0.05, 0.1) is 5.52 Å². The predicted octanol–water partition coefficient (Wildman–Crippen LogP) is 5.01. The Morgan fingerprint density at radius 1 is 1.14 bits per heavy atom. The SMILES string of the molecule is Oc1[nH]c2ccccc2c1N=NC(=S)Nc1ccc(Cl)cc1. The number of thiocarbonyl (C=S) groups is 1. The van der Waals surface area contributed by atoms with Crippen LogP contribution in [0, 0.1) is 0 Å². The summed E-state index contributed by atoms with van der Waals surface area (Å²) in [7, 11) is 0. The third kappa shape index (κ3) is 3.08. The van der Waals surface area contributed by atoms with Crippen molar-refractivity contribution in [1.29, 1.82) is 0 Å². The Balaban J connectivity index is 1.79. The number of hydrogen-bond donors (Lipinski definition) is 3. The number of anilines is 1. The van der Waals surface area contributed by atoms with Crippen LogP contribution >= 0.6 is 23.8 Å². The van der Waals surface area contributed by atoms with Crippen molar-refractivity contribution in [2.75, 3.05) is 5.32 Å². The van der Waals surface area contributed by atoms with E-state index in [1.807, 2.05) is 24.3 Å². The molecule has 0 saturated heterocycles. The first-order valence-electron chi connectivity index (χ1n) is 6.41. The van der Waals surface area contributed by atoms with E-state index in [4.69, 9.17) is 23.8 Å². The van der Waals surface area contributed by atoms with Gasteiger partial charge in [0.25, 0.3) is 0 Å². The molecule has 0 atom stereocenters. The molecule has 0 radical (unpaired) electrons. The van der Waals surface area contributed by atoms with Crippen LogP contribution in [0.2, 0.25) is 5.02 Å². The topological polar surface area (TPSA) is 72.8 Å². The van der Waals surface area contributed by atoms with Crippen LogP contribution in [0.25, 0.3) is 10.9 Å². The zero-order chi connectivity index (χ0) is 15.5. The monoisotopic (exact) mass is 330 g/mol. The van der Waals surface area contributed by atoms with Crippen LogP contribution in [0.1, 0.15) is 0 Å². The number of fused-ring (bicyclic) bond motifs is 1. The lowest BCUT2D eigenvalue weighted by Crippen LogP contribution is -2.04. The Labute approximate surface area is 136 Å². The molecule has 3 rings (SSSR count). The van der Waals surface area contributed by atoms with Crippen LogP contribution in [0.5, 0.6) is 5.88 Å². The molecule has 0 amide bonds. The van der Waals surface area contributed by atoms with Gasteiger partial charge < -0.3 is 15.4 Å². The smallest absolute Gasteiger partial charge is 0.218 e. The summed E-state index contributed by atoms with van der Waals surface area (Å²) in [5.74, 6) is -0.0424. The fourth-order valence-corrected chi connectivity index (χ4v) is 2.28. The Morgan fingerprint density at radius 2 is 1.86 bits per heavy atom. The number of azo groups is 1. The zero-order valence-electron chi connectivity index (χ0n) is 11.2. The second kappa shape index (κ2) is 6.13. The number of H-pyrrole nitrogens is 1. The lowest BCUT2D eigenvalue weighted by Gasteiger charge is -2.02. The van der Waals surface area contributed by atoms with Gasteiger partial charge in [0, 0.05) is 16.1 Å². The van der Waals surface area contributed by atoms with Gasteiger partial charge in [-0.25, -0.2) is 0 Å². The van der Waals surface area contributed by atoms with Crippen molar-refractivity contribution in [2.45, 2.75) is 0 Å². The molecule has 22 heavy (non-hydrogen) atoms. The minimum atomic E-state index is -0.0424. The third-order valence-electron chi connectivity index (χ3n) is 3.00. The number of aromatic nitrogens is 1. The molecule has 0 bridgehead atoms. The van der Waals surface area contributed by atoms with Gasteiger partial charge in [-0.2, -0.15) is 0 Å². The largest absolute Gasteiger partial charge is 0.493 e. The molecule has 7 heteroatoms. The molecule has 0 aliphatic rings. The Hall–Kier alpha value is -2.44. The van der Waals surface area contributed by atoms with Crippen molar-refractivity contribution in [3.63, 3.8) is 0 Å². The normalized spacial score (nSPS) is 11.1. The van der Waals surface area contributed by atoms with Crippen LogP contribution in [-0.2, 0) is 0 Å². The van der Waals surface area contributed by atoms with E-state index in [9.17, 15) is 5.11 Å². The Morgan fingerprint density at radius 3 is 2.64 bits per heavy atom. The van der Waals surface area contributed by atoms with Gasteiger partial charge in [0.15, 0.2) is 5.69 Å². The molecule has 0 aliphatic heterocycles. The average Bonchev–Trinajstić information content (AvgIpc) is 2.83. The first-order valence-corrected chi connectivity index (χ1v) is 7.20. The molecule has 5 nitrogen and oxygen atoms in total. The number of nitrogens with zero attached hydrogens (tertiary/aromatic N) is 2. The fraction of sp³-hybridized carbons (Fsp3) is 0. The lowest BCUT2D eigenvalue weighted by atomic mass is 10.2. The molecular weight excluding hydrogens is 320 g/mol. The Bertz CT molecular complexity index is 858. The lowest BCUT2D eigenvalue weighted by molar-refractivity contribution is 0.459. The Kier molecular flexibility index (Phi) is 4.04. The molecule has 0 aliphatic carbocycles. The number of halogens is 1. The molecule has 1 aromatic heterocycles. The van der Waals surface area contributed by atoms with Gasteiger partial charge in [-0.1, -0.05) is 29.8 Å². The van der Waals surface area contributed by atoms with Crippen molar-refractivity contribution in [3.05, 3.63) is 53.6 Å². The van der Waals surface area contributed by atoms with Crippen molar-refractivity contribution in [1.82, 2.24) is 4.98 Å². The van der Waals surface area contributed by atoms with Gasteiger partial charge in [-0.15, -0.1) is 10.2 Å². The average molecular weight is 331 g/mol. The van der Waals surface area contributed by atoms with Gasteiger partial charge in [0.2, 0.25) is 11.0 Å². The summed E-state index contributed by atoms with van der Waals surface area (Å²) < 4.78 is 0. The molecule has 2 aromatic carbocycles. The van der Waals surface area contributed by atoms with Crippen LogP contribution < -0.4 is 5.32 Å². The molecule has 110 valence electrons. The van der Waals surface area contributed by atoms with Gasteiger partial charge in [-0.05, 0) is 42.5 Å². The second-order valence-electron chi connectivity index (χ2n) is 4.50. The summed E-state index contributed by atoms with van der Waals surface area (Å²) in [4.78, 5) is 2.83. The summed E-state index contributed by atoms with van der Waals surface area (Å²) in [5.41, 5.74) is 1.90. The van der Waals surface area contributed by atoms with Gasteiger partial charge >= 0.3 is 0 Å². The van der Waals surface area contributed by atoms with Gasteiger partial charge in [0.1, 0.15) is 0 Å². The van der Waals surface area contributed by atoms with E-state index < -0.39 is 0 Å². The van der Waals surface area contributed by atoms with E-state index in [2.05, 4.69) is 20.5 Å². The first-order chi connectivity index (χ1) is 10.6. The van der Waals surface area contributed by atoms with Crippen LogP contribution in [0.4, 0.5) is 11.4 Å². The zero-order valence-corrected chi connectivity index (χ0v) is 12.8. The number of para-hydroxylation sites is 1. The molecule has 0 unspecified atom stereocenters. The minimum Gasteiger partial charge on any atom is -0.493 e. The highest BCUT2D eigenvalue weighted by atomic mass is 35.5. The molecule has 3 aromatic rings. The number of aromatic amines is 1. The highest BCUT2D eigenvalue weighted by molar-refractivity contribution is 7.80. The molecule has 0 saturated carbocycles. The summed E-state index contributed by atoms with van der Waals surface area (Å²) in [6, 6.07) is 14.5. The molecule has 1 heterocycles. The standard InChI is InChI=1S/C15H11ClN4OS/c16-9-5-7-10(8-6-9)17-15(22)20-19-13-11-3-1-2-4-12(11)18-14(13)21/h1-8,18,21H,(H,17,22). The van der Waals surface area contributed by atoms with Crippen LogP contribution in [0.3, 0.4) is 0 Å². The number of hydrogen-bond acceptors (Lipinski definition) is 3. The van der Waals surface area contributed by atoms with E-state index in [1.165, 1.54) is 0 Å². The molecular formula is C15H11ClN4OS. The summed E-state index contributed by atoms with van der Waals surface area (Å²) in [5, 5.41) is 22.4. The first kappa shape index (κ1) is 14.5. The molecule has 0 spiro atoms. The van der Waals surface area contributed by atoms with E-state index in [1.54, 1.807) is 24.3 Å². The number of benzene rings is 2. The van der Waals surface area contributed by atoms with E-state index in [0.717, 1.165) is 16.6 Å². The molecule has 0 fully saturated rings.